The lowest BCUT2D eigenvalue weighted by Gasteiger charge is -1.97. The molecule has 3 rings (SSSR count). The Kier molecular flexibility index (Phi) is 2.52. The van der Waals surface area contributed by atoms with Gasteiger partial charge in [0.1, 0.15) is 17.2 Å². The summed E-state index contributed by atoms with van der Waals surface area (Å²) in [5.41, 5.74) is 2.74. The third-order valence-corrected chi connectivity index (χ3v) is 2.93. The highest BCUT2D eigenvalue weighted by Crippen LogP contribution is 2.29. The Morgan fingerprint density at radius 2 is 1.78 bits per heavy atom. The third-order valence-electron chi connectivity index (χ3n) is 2.93. The van der Waals surface area contributed by atoms with Crippen LogP contribution in [0.5, 0.6) is 0 Å². The number of hydrogen-bond acceptors (Lipinski definition) is 2. The van der Waals surface area contributed by atoms with Crippen LogP contribution in [0.15, 0.2) is 52.9 Å². The van der Waals surface area contributed by atoms with E-state index in [0.717, 1.165) is 28.0 Å². The van der Waals surface area contributed by atoms with Gasteiger partial charge < -0.3 is 9.73 Å². The predicted molar refractivity (Wildman–Crippen MR) is 71.2 cm³/mol. The Bertz CT molecular complexity index is 685. The Morgan fingerprint density at radius 1 is 1.00 bits per heavy atom. The molecule has 3 aromatic rings. The van der Waals surface area contributed by atoms with Crippen molar-refractivity contribution in [2.45, 2.75) is 0 Å². The summed E-state index contributed by atoms with van der Waals surface area (Å²) in [5.74, 6) is 0.505. The largest absolute Gasteiger partial charge is 0.456 e. The van der Waals surface area contributed by atoms with Crippen molar-refractivity contribution >= 4 is 16.7 Å². The Morgan fingerprint density at radius 3 is 2.50 bits per heavy atom. The topological polar surface area (TPSA) is 25.2 Å². The minimum Gasteiger partial charge on any atom is -0.456 e. The van der Waals surface area contributed by atoms with Crippen LogP contribution in [0.1, 0.15) is 0 Å². The molecule has 0 atom stereocenters. The van der Waals surface area contributed by atoms with Gasteiger partial charge in [0.25, 0.3) is 0 Å². The maximum atomic E-state index is 12.9. The number of nitrogens with one attached hydrogen (secondary N) is 1. The van der Waals surface area contributed by atoms with E-state index in [2.05, 4.69) is 5.32 Å². The first-order valence-corrected chi connectivity index (χ1v) is 5.73. The smallest absolute Gasteiger partial charge is 0.135 e. The van der Waals surface area contributed by atoms with Gasteiger partial charge in [-0.15, -0.1) is 0 Å². The zero-order valence-corrected chi connectivity index (χ0v) is 9.91. The minimum atomic E-state index is -0.243. The summed E-state index contributed by atoms with van der Waals surface area (Å²) < 4.78 is 18.6. The summed E-state index contributed by atoms with van der Waals surface area (Å²) in [5, 5.41) is 4.11. The minimum absolute atomic E-state index is 0.243. The van der Waals surface area contributed by atoms with Crippen LogP contribution in [0.25, 0.3) is 22.3 Å². The van der Waals surface area contributed by atoms with E-state index in [1.165, 1.54) is 12.1 Å². The van der Waals surface area contributed by atoms with Crippen molar-refractivity contribution in [1.29, 1.82) is 0 Å². The SMILES string of the molecule is CNc1ccc2oc(-c3ccc(F)cc3)cc2c1. The van der Waals surface area contributed by atoms with E-state index in [0.29, 0.717) is 0 Å². The molecule has 0 unspecified atom stereocenters. The molecule has 0 saturated carbocycles. The molecule has 1 N–H and O–H groups in total. The first-order chi connectivity index (χ1) is 8.76. The van der Waals surface area contributed by atoms with Crippen LogP contribution in [-0.2, 0) is 0 Å². The van der Waals surface area contributed by atoms with E-state index in [1.54, 1.807) is 12.1 Å². The molecule has 90 valence electrons. The molecule has 0 aliphatic rings. The molecule has 1 heterocycles. The van der Waals surface area contributed by atoms with E-state index in [-0.39, 0.29) is 5.82 Å². The van der Waals surface area contributed by atoms with E-state index < -0.39 is 0 Å². The molecule has 0 radical (unpaired) electrons. The van der Waals surface area contributed by atoms with Crippen LogP contribution in [0.3, 0.4) is 0 Å². The van der Waals surface area contributed by atoms with Gasteiger partial charge in [-0.25, -0.2) is 4.39 Å². The lowest BCUT2D eigenvalue weighted by atomic mass is 10.1. The van der Waals surface area contributed by atoms with Gasteiger partial charge in [-0.3, -0.25) is 0 Å². The summed E-state index contributed by atoms with van der Waals surface area (Å²) in [7, 11) is 1.88. The van der Waals surface area contributed by atoms with Crippen LogP contribution < -0.4 is 5.32 Å². The third kappa shape index (κ3) is 1.84. The van der Waals surface area contributed by atoms with E-state index in [1.807, 2.05) is 31.3 Å². The average Bonchev–Trinajstić information content (AvgIpc) is 2.82. The van der Waals surface area contributed by atoms with E-state index in [9.17, 15) is 4.39 Å². The molecule has 0 spiro atoms. The summed E-state index contributed by atoms with van der Waals surface area (Å²) >= 11 is 0. The van der Waals surface area contributed by atoms with Crippen LogP contribution in [0.2, 0.25) is 0 Å². The molecule has 0 amide bonds. The van der Waals surface area contributed by atoms with Crippen molar-refractivity contribution < 1.29 is 8.81 Å². The normalized spacial score (nSPS) is 10.8. The number of hydrogen-bond donors (Lipinski definition) is 1. The van der Waals surface area contributed by atoms with Gasteiger partial charge in [-0.2, -0.15) is 0 Å². The fraction of sp³-hybridized carbons (Fsp3) is 0.0667. The Labute approximate surface area is 104 Å². The molecule has 2 nitrogen and oxygen atoms in total. The van der Waals surface area contributed by atoms with Crippen molar-refractivity contribution in [2.24, 2.45) is 0 Å². The van der Waals surface area contributed by atoms with Crippen LogP contribution in [0, 0.1) is 5.82 Å². The van der Waals surface area contributed by atoms with Crippen molar-refractivity contribution in [1.82, 2.24) is 0 Å². The average molecular weight is 241 g/mol. The number of halogens is 1. The highest BCUT2D eigenvalue weighted by molar-refractivity contribution is 5.85. The number of benzene rings is 2. The molecular weight excluding hydrogens is 229 g/mol. The van der Waals surface area contributed by atoms with Gasteiger partial charge in [0.15, 0.2) is 0 Å². The Hall–Kier alpha value is -2.29. The molecule has 0 saturated heterocycles. The highest BCUT2D eigenvalue weighted by Gasteiger charge is 2.06. The first kappa shape index (κ1) is 10.8. The molecular formula is C15H12FNO. The second kappa shape index (κ2) is 4.18. The van der Waals surface area contributed by atoms with E-state index >= 15 is 0 Å². The van der Waals surface area contributed by atoms with Gasteiger partial charge in [-0.05, 0) is 48.5 Å². The van der Waals surface area contributed by atoms with Crippen molar-refractivity contribution in [3.63, 3.8) is 0 Å². The number of fused-ring (bicyclic) bond motifs is 1. The monoisotopic (exact) mass is 241 g/mol. The summed E-state index contributed by atoms with van der Waals surface area (Å²) in [6.45, 7) is 0. The molecule has 1 aromatic heterocycles. The zero-order chi connectivity index (χ0) is 12.5. The Balaban J connectivity index is 2.10. The lowest BCUT2D eigenvalue weighted by molar-refractivity contribution is 0.623. The first-order valence-electron chi connectivity index (χ1n) is 5.73. The molecule has 0 bridgehead atoms. The van der Waals surface area contributed by atoms with Gasteiger partial charge in [0.05, 0.1) is 0 Å². The molecule has 0 aliphatic carbocycles. The molecule has 3 heteroatoms. The van der Waals surface area contributed by atoms with Crippen LogP contribution in [0.4, 0.5) is 10.1 Å². The number of rotatable bonds is 2. The second-order valence-corrected chi connectivity index (χ2v) is 4.12. The van der Waals surface area contributed by atoms with Crippen molar-refractivity contribution in [2.75, 3.05) is 12.4 Å². The fourth-order valence-corrected chi connectivity index (χ4v) is 1.96. The quantitative estimate of drug-likeness (QED) is 0.724. The molecule has 0 fully saturated rings. The predicted octanol–water partition coefficient (Wildman–Crippen LogP) is 4.28. The molecule has 0 aliphatic heterocycles. The molecule has 2 aromatic carbocycles. The lowest BCUT2D eigenvalue weighted by Crippen LogP contribution is -1.85. The fourth-order valence-electron chi connectivity index (χ4n) is 1.96. The van der Waals surface area contributed by atoms with Gasteiger partial charge in [0.2, 0.25) is 0 Å². The van der Waals surface area contributed by atoms with Gasteiger partial charge >= 0.3 is 0 Å². The van der Waals surface area contributed by atoms with Crippen molar-refractivity contribution in [3.8, 4) is 11.3 Å². The van der Waals surface area contributed by atoms with Crippen LogP contribution >= 0.6 is 0 Å². The maximum absolute atomic E-state index is 12.9. The summed E-state index contributed by atoms with van der Waals surface area (Å²) in [4.78, 5) is 0. The number of furan rings is 1. The number of anilines is 1. The van der Waals surface area contributed by atoms with Gasteiger partial charge in [0, 0.05) is 23.7 Å². The summed E-state index contributed by atoms with van der Waals surface area (Å²) in [6, 6.07) is 14.2. The standard InChI is InChI=1S/C15H12FNO/c1-17-13-6-7-14-11(8-13)9-15(18-14)10-2-4-12(16)5-3-10/h2-9,17H,1H3. The zero-order valence-electron chi connectivity index (χ0n) is 9.91. The molecule has 18 heavy (non-hydrogen) atoms. The highest BCUT2D eigenvalue weighted by atomic mass is 19.1. The van der Waals surface area contributed by atoms with E-state index in [4.69, 9.17) is 4.42 Å². The maximum Gasteiger partial charge on any atom is 0.135 e. The van der Waals surface area contributed by atoms with Gasteiger partial charge in [-0.1, -0.05) is 0 Å². The van der Waals surface area contributed by atoms with Crippen molar-refractivity contribution in [3.05, 3.63) is 54.3 Å². The second-order valence-electron chi connectivity index (χ2n) is 4.12. The summed E-state index contributed by atoms with van der Waals surface area (Å²) in [6.07, 6.45) is 0. The van der Waals surface area contributed by atoms with Crippen LogP contribution in [-0.4, -0.2) is 7.05 Å².